The number of fused-ring (bicyclic) bond motifs is 12. The molecule has 360 valence electrons. The molecular formula is C59H95NO4. The van der Waals surface area contributed by atoms with Crippen molar-refractivity contribution in [3.63, 3.8) is 0 Å². The van der Waals surface area contributed by atoms with E-state index in [0.717, 1.165) is 86.9 Å². The summed E-state index contributed by atoms with van der Waals surface area (Å²) in [6.45, 7) is 32.5. The van der Waals surface area contributed by atoms with Crippen molar-refractivity contribution in [1.82, 2.24) is 5.32 Å². The number of carbonyl (C=O) groups is 2. The zero-order chi connectivity index (χ0) is 46.0. The number of hydrogen-bond acceptors (Lipinski definition) is 4. The van der Waals surface area contributed by atoms with Crippen molar-refractivity contribution in [2.24, 2.45) is 103 Å². The third kappa shape index (κ3) is 6.88. The summed E-state index contributed by atoms with van der Waals surface area (Å²) >= 11 is 0. The first kappa shape index (κ1) is 47.3. The first-order chi connectivity index (χ1) is 30.1. The predicted octanol–water partition coefficient (Wildman–Crippen LogP) is 15.3. The summed E-state index contributed by atoms with van der Waals surface area (Å²) in [7, 11) is 1.49. The molecule has 64 heavy (non-hydrogen) atoms. The van der Waals surface area contributed by atoms with Gasteiger partial charge in [-0.15, -0.1) is 0 Å². The number of rotatable bonds is 9. The molecule has 0 aromatic heterocycles. The normalized spacial score (nSPS) is 49.3. The first-order valence-electron chi connectivity index (χ1n) is 27.5. The minimum absolute atomic E-state index is 0.00315. The summed E-state index contributed by atoms with van der Waals surface area (Å²) in [6.07, 6.45) is 27.9. The van der Waals surface area contributed by atoms with Gasteiger partial charge >= 0.3 is 12.1 Å². The number of esters is 1. The topological polar surface area (TPSA) is 64.6 Å². The van der Waals surface area contributed by atoms with Crippen LogP contribution in [0.4, 0.5) is 4.79 Å². The minimum atomic E-state index is -0.386. The fourth-order valence-electron chi connectivity index (χ4n) is 21.0. The largest absolute Gasteiger partial charge is 0.462 e. The Balaban J connectivity index is 0.905. The molecule has 8 saturated carbocycles. The van der Waals surface area contributed by atoms with Crippen molar-refractivity contribution >= 4 is 12.1 Å². The lowest BCUT2D eigenvalue weighted by atomic mass is 9.32. The van der Waals surface area contributed by atoms with Crippen molar-refractivity contribution in [2.45, 2.75) is 223 Å². The summed E-state index contributed by atoms with van der Waals surface area (Å²) in [5, 5.41) is 3.26. The number of amides is 1. The molecule has 0 saturated heterocycles. The minimum Gasteiger partial charge on any atom is -0.462 e. The smallest absolute Gasteiger partial charge is 0.407 e. The van der Waals surface area contributed by atoms with Gasteiger partial charge in [-0.3, -0.25) is 4.79 Å². The van der Waals surface area contributed by atoms with Gasteiger partial charge in [0.15, 0.2) is 0 Å². The van der Waals surface area contributed by atoms with Crippen LogP contribution in [0, 0.1) is 103 Å². The van der Waals surface area contributed by atoms with Crippen molar-refractivity contribution in [1.29, 1.82) is 0 Å². The highest BCUT2D eigenvalue weighted by atomic mass is 16.5. The molecule has 1 amide bonds. The van der Waals surface area contributed by atoms with E-state index < -0.39 is 0 Å². The van der Waals surface area contributed by atoms with Crippen LogP contribution in [-0.4, -0.2) is 31.3 Å². The molecule has 4 unspecified atom stereocenters. The van der Waals surface area contributed by atoms with Gasteiger partial charge in [-0.25, -0.2) is 4.79 Å². The molecule has 1 N–H and O–H groups in total. The quantitative estimate of drug-likeness (QED) is 0.185. The predicted molar refractivity (Wildman–Crippen MR) is 261 cm³/mol. The van der Waals surface area contributed by atoms with Crippen LogP contribution < -0.4 is 5.32 Å². The molecule has 5 heteroatoms. The van der Waals surface area contributed by atoms with Crippen molar-refractivity contribution in [2.75, 3.05) is 7.11 Å². The molecule has 9 rings (SSSR count). The lowest BCUT2D eigenvalue weighted by Crippen LogP contribution is -2.68. The van der Waals surface area contributed by atoms with E-state index in [1.807, 2.05) is 0 Å². The molecular weight excluding hydrogens is 787 g/mol. The van der Waals surface area contributed by atoms with Crippen LogP contribution in [0.15, 0.2) is 23.8 Å². The Labute approximate surface area is 392 Å². The third-order valence-electron chi connectivity index (χ3n) is 24.5. The highest BCUT2D eigenvalue weighted by Gasteiger charge is 2.72. The van der Waals surface area contributed by atoms with Gasteiger partial charge in [0.25, 0.3) is 0 Å². The standard InChI is InChI=1S/C59H95NO4/c1-36(2)15-14-16-38(5)43-19-20-44-42-18-17-39-35-40(23-28-54(39,8)45(42)25-29-55(43,44)9)64-51(61)59-32-24-41(37(3)4)50(59)46-21-22-48-56(10)30-27-49(60-52(62)63-13)53(6,7)47(56)26-31-58(48,12)57(46,11)33-34-59/h17,36,38,40-50H,3,14-16,18-35H2,1-2,4-13H3,(H,60,62)/t38-,40+,41?,42+,43-,44+,45+,46-,47?,48-,49?,50?,54+,55-,56+,57-,58-,59+/m1/s1. The van der Waals surface area contributed by atoms with Crippen LogP contribution in [0.3, 0.4) is 0 Å². The molecule has 0 aliphatic heterocycles. The second-order valence-electron chi connectivity index (χ2n) is 27.5. The number of nitrogens with one attached hydrogen (secondary N) is 1. The van der Waals surface area contributed by atoms with E-state index in [9.17, 15) is 4.79 Å². The summed E-state index contributed by atoms with van der Waals surface area (Å²) in [4.78, 5) is 27.8. The molecule has 0 spiro atoms. The lowest BCUT2D eigenvalue weighted by molar-refractivity contribution is -0.241. The van der Waals surface area contributed by atoms with E-state index in [1.54, 1.807) is 5.57 Å². The summed E-state index contributed by atoms with van der Waals surface area (Å²) < 4.78 is 12.1. The van der Waals surface area contributed by atoms with Crippen LogP contribution in [-0.2, 0) is 14.3 Å². The number of allylic oxidation sites excluding steroid dienone is 2. The molecule has 0 radical (unpaired) electrons. The Kier molecular flexibility index (Phi) is 12.1. The number of hydrogen-bond donors (Lipinski definition) is 1. The van der Waals surface area contributed by atoms with Crippen molar-refractivity contribution in [3.8, 4) is 0 Å². The molecule has 0 aromatic carbocycles. The number of methoxy groups -OCH3 is 1. The monoisotopic (exact) mass is 882 g/mol. The fourth-order valence-corrected chi connectivity index (χ4v) is 21.0. The van der Waals surface area contributed by atoms with Gasteiger partial charge in [-0.2, -0.15) is 0 Å². The third-order valence-corrected chi connectivity index (χ3v) is 24.5. The molecule has 0 bridgehead atoms. The lowest BCUT2D eigenvalue weighted by Gasteiger charge is -2.73. The van der Waals surface area contributed by atoms with Crippen molar-refractivity contribution < 1.29 is 19.1 Å². The number of alkyl carbamates (subject to hydrolysis) is 1. The maximum absolute atomic E-state index is 15.3. The maximum Gasteiger partial charge on any atom is 0.407 e. The van der Waals surface area contributed by atoms with Crippen LogP contribution in [0.1, 0.15) is 211 Å². The molecule has 18 atom stereocenters. The number of ether oxygens (including phenoxy) is 2. The van der Waals surface area contributed by atoms with Gasteiger partial charge in [0.05, 0.1) is 12.5 Å². The number of carbonyl (C=O) groups excluding carboxylic acids is 2. The van der Waals surface area contributed by atoms with E-state index in [-0.39, 0.29) is 56.7 Å². The molecule has 5 nitrogen and oxygen atoms in total. The van der Waals surface area contributed by atoms with E-state index >= 15 is 4.79 Å². The van der Waals surface area contributed by atoms with Crippen LogP contribution in [0.5, 0.6) is 0 Å². The van der Waals surface area contributed by atoms with Gasteiger partial charge in [0.2, 0.25) is 0 Å². The van der Waals surface area contributed by atoms with Gasteiger partial charge in [-0.05, 0) is 214 Å². The molecule has 9 aliphatic carbocycles. The van der Waals surface area contributed by atoms with E-state index in [4.69, 9.17) is 9.47 Å². The van der Waals surface area contributed by atoms with Crippen LogP contribution in [0.25, 0.3) is 0 Å². The Morgan fingerprint density at radius 1 is 0.750 bits per heavy atom. The van der Waals surface area contributed by atoms with E-state index in [0.29, 0.717) is 35.0 Å². The van der Waals surface area contributed by atoms with Gasteiger partial charge in [0.1, 0.15) is 6.10 Å². The summed E-state index contributed by atoms with van der Waals surface area (Å²) in [6, 6.07) is 0.135. The Hall–Kier alpha value is -1.78. The SMILES string of the molecule is C=C(C)C1CC[C@]2(C(=O)O[C@H]3CC[C@@]4(C)C(=CC[C@H]5[C@@H]6CC[C@H]([C@H](C)CCCC(C)C)[C@@]6(C)CC[C@@H]54)C3)CC[C@]3(C)[C@H](CC[C@@H]4[C@@]5(C)CCC(NC(=O)OC)C(C)(C)C5CC[C@]43C)C12. The fraction of sp³-hybridized carbons (Fsp3) is 0.898. The molecule has 9 aliphatic rings. The zero-order valence-electron chi connectivity index (χ0n) is 43.3. The second-order valence-corrected chi connectivity index (χ2v) is 27.5. The first-order valence-corrected chi connectivity index (χ1v) is 27.5. The maximum atomic E-state index is 15.3. The average molecular weight is 882 g/mol. The van der Waals surface area contributed by atoms with E-state index in [1.165, 1.54) is 96.2 Å². The second kappa shape index (κ2) is 16.4. The molecule has 0 heterocycles. The average Bonchev–Trinajstić information content (AvgIpc) is 3.81. The highest BCUT2D eigenvalue weighted by Crippen LogP contribution is 2.78. The van der Waals surface area contributed by atoms with Gasteiger partial charge in [0, 0.05) is 12.5 Å². The summed E-state index contributed by atoms with van der Waals surface area (Å²) in [5.41, 5.74) is 3.91. The summed E-state index contributed by atoms with van der Waals surface area (Å²) in [5.74, 6) is 7.63. The molecule has 0 aromatic rings. The van der Waals surface area contributed by atoms with Crippen LogP contribution in [0.2, 0.25) is 0 Å². The van der Waals surface area contributed by atoms with Crippen LogP contribution >= 0.6 is 0 Å². The zero-order valence-corrected chi connectivity index (χ0v) is 43.3. The van der Waals surface area contributed by atoms with Crippen molar-refractivity contribution in [3.05, 3.63) is 23.8 Å². The van der Waals surface area contributed by atoms with Gasteiger partial charge in [-0.1, -0.05) is 112 Å². The Bertz CT molecular complexity index is 1850. The molecule has 8 fully saturated rings. The van der Waals surface area contributed by atoms with E-state index in [2.05, 4.69) is 94.1 Å². The highest BCUT2D eigenvalue weighted by molar-refractivity contribution is 5.78. The Morgan fingerprint density at radius 2 is 1.48 bits per heavy atom. The Morgan fingerprint density at radius 3 is 2.20 bits per heavy atom. The van der Waals surface area contributed by atoms with Gasteiger partial charge < -0.3 is 14.8 Å².